The fourth-order valence-corrected chi connectivity index (χ4v) is 1.92. The van der Waals surface area contributed by atoms with Crippen LogP contribution in [0.1, 0.15) is 39.2 Å². The average Bonchev–Trinajstić information content (AvgIpc) is 2.36. The van der Waals surface area contributed by atoms with Crippen LogP contribution in [0.3, 0.4) is 0 Å². The van der Waals surface area contributed by atoms with Crippen LogP contribution >= 0.6 is 0 Å². The fourth-order valence-electron chi connectivity index (χ4n) is 1.92. The second-order valence-electron chi connectivity index (χ2n) is 5.05. The zero-order chi connectivity index (χ0) is 15.2. The maximum absolute atomic E-state index is 12.6. The lowest BCUT2D eigenvalue weighted by molar-refractivity contribution is -0.137. The molecule has 20 heavy (non-hydrogen) atoms. The standard InChI is InChI=1S/C15H22F3NO/c1-4-6-11(2)19-10-12(3)20-14-8-5-7-13(9-14)15(16,17)18/h5,7-9,11-12,19H,4,6,10H2,1-3H3. The van der Waals surface area contributed by atoms with Gasteiger partial charge in [0.1, 0.15) is 11.9 Å². The Morgan fingerprint density at radius 3 is 2.55 bits per heavy atom. The molecule has 2 nitrogen and oxygen atoms in total. The van der Waals surface area contributed by atoms with Crippen LogP contribution in [0, 0.1) is 0 Å². The predicted molar refractivity (Wildman–Crippen MR) is 73.9 cm³/mol. The first-order valence-corrected chi connectivity index (χ1v) is 6.90. The van der Waals surface area contributed by atoms with Crippen molar-refractivity contribution in [1.29, 1.82) is 0 Å². The zero-order valence-electron chi connectivity index (χ0n) is 12.1. The number of benzene rings is 1. The molecule has 0 heterocycles. The number of hydrogen-bond donors (Lipinski definition) is 1. The van der Waals surface area contributed by atoms with Gasteiger partial charge in [0.15, 0.2) is 0 Å². The summed E-state index contributed by atoms with van der Waals surface area (Å²) in [6.07, 6.45) is -2.36. The summed E-state index contributed by atoms with van der Waals surface area (Å²) in [5.74, 6) is 0.247. The van der Waals surface area contributed by atoms with E-state index in [0.29, 0.717) is 12.6 Å². The van der Waals surface area contributed by atoms with E-state index in [0.717, 1.165) is 25.0 Å². The van der Waals surface area contributed by atoms with Gasteiger partial charge in [-0.2, -0.15) is 13.2 Å². The van der Waals surface area contributed by atoms with Crippen molar-refractivity contribution in [2.45, 2.75) is 51.9 Å². The van der Waals surface area contributed by atoms with E-state index in [1.807, 2.05) is 6.92 Å². The van der Waals surface area contributed by atoms with Gasteiger partial charge in [0.2, 0.25) is 0 Å². The average molecular weight is 289 g/mol. The second kappa shape index (κ2) is 7.53. The molecule has 1 N–H and O–H groups in total. The monoisotopic (exact) mass is 289 g/mol. The summed E-state index contributed by atoms with van der Waals surface area (Å²) in [6.45, 7) is 6.64. The van der Waals surface area contributed by atoms with Crippen LogP contribution in [-0.4, -0.2) is 18.7 Å². The highest BCUT2D eigenvalue weighted by Gasteiger charge is 2.30. The van der Waals surface area contributed by atoms with E-state index in [1.54, 1.807) is 6.07 Å². The van der Waals surface area contributed by atoms with Crippen molar-refractivity contribution in [2.75, 3.05) is 6.54 Å². The van der Waals surface area contributed by atoms with Gasteiger partial charge in [-0.05, 0) is 38.5 Å². The van der Waals surface area contributed by atoms with Crippen molar-refractivity contribution in [2.24, 2.45) is 0 Å². The van der Waals surface area contributed by atoms with Crippen molar-refractivity contribution in [1.82, 2.24) is 5.32 Å². The molecule has 0 amide bonds. The third kappa shape index (κ3) is 5.82. The highest BCUT2D eigenvalue weighted by molar-refractivity contribution is 5.30. The SMILES string of the molecule is CCCC(C)NCC(C)Oc1cccc(C(F)(F)F)c1. The smallest absolute Gasteiger partial charge is 0.416 e. The summed E-state index contributed by atoms with van der Waals surface area (Å²) >= 11 is 0. The van der Waals surface area contributed by atoms with Crippen molar-refractivity contribution in [3.63, 3.8) is 0 Å². The minimum Gasteiger partial charge on any atom is -0.489 e. The molecule has 0 aliphatic rings. The lowest BCUT2D eigenvalue weighted by atomic mass is 10.2. The molecule has 1 rings (SSSR count). The van der Waals surface area contributed by atoms with Gasteiger partial charge < -0.3 is 10.1 Å². The van der Waals surface area contributed by atoms with Crippen molar-refractivity contribution in [3.8, 4) is 5.75 Å². The Morgan fingerprint density at radius 2 is 1.95 bits per heavy atom. The van der Waals surface area contributed by atoms with Crippen molar-refractivity contribution < 1.29 is 17.9 Å². The number of halogens is 3. The van der Waals surface area contributed by atoms with Gasteiger partial charge in [0, 0.05) is 12.6 Å². The van der Waals surface area contributed by atoms with Crippen LogP contribution in [0.2, 0.25) is 0 Å². The summed E-state index contributed by atoms with van der Waals surface area (Å²) < 4.78 is 43.2. The van der Waals surface area contributed by atoms with Gasteiger partial charge in [0.05, 0.1) is 5.56 Å². The van der Waals surface area contributed by atoms with Crippen LogP contribution in [0.25, 0.3) is 0 Å². The fraction of sp³-hybridized carbons (Fsp3) is 0.600. The van der Waals surface area contributed by atoms with E-state index in [4.69, 9.17) is 4.74 Å². The Hall–Kier alpha value is -1.23. The van der Waals surface area contributed by atoms with E-state index >= 15 is 0 Å². The molecular weight excluding hydrogens is 267 g/mol. The zero-order valence-corrected chi connectivity index (χ0v) is 12.1. The Labute approximate surface area is 118 Å². The molecule has 5 heteroatoms. The lowest BCUT2D eigenvalue weighted by Crippen LogP contribution is -2.35. The lowest BCUT2D eigenvalue weighted by Gasteiger charge is -2.19. The molecule has 1 aromatic carbocycles. The molecule has 2 atom stereocenters. The Balaban J connectivity index is 2.52. The van der Waals surface area contributed by atoms with Gasteiger partial charge in [-0.15, -0.1) is 0 Å². The third-order valence-corrected chi connectivity index (χ3v) is 2.97. The topological polar surface area (TPSA) is 21.3 Å². The molecule has 0 fully saturated rings. The number of ether oxygens (including phenoxy) is 1. The maximum atomic E-state index is 12.6. The van der Waals surface area contributed by atoms with Gasteiger partial charge in [-0.25, -0.2) is 0 Å². The normalized spacial score (nSPS) is 14.9. The largest absolute Gasteiger partial charge is 0.489 e. The molecule has 0 saturated heterocycles. The summed E-state index contributed by atoms with van der Waals surface area (Å²) in [7, 11) is 0. The molecule has 0 saturated carbocycles. The van der Waals surface area contributed by atoms with Crippen LogP contribution < -0.4 is 10.1 Å². The first-order chi connectivity index (χ1) is 9.32. The molecule has 0 aliphatic carbocycles. The number of nitrogens with one attached hydrogen (secondary N) is 1. The summed E-state index contributed by atoms with van der Waals surface area (Å²) in [4.78, 5) is 0. The van der Waals surface area contributed by atoms with E-state index < -0.39 is 11.7 Å². The summed E-state index contributed by atoms with van der Waals surface area (Å²) in [5.41, 5.74) is -0.686. The predicted octanol–water partition coefficient (Wildman–Crippen LogP) is 4.25. The van der Waals surface area contributed by atoms with E-state index in [2.05, 4.69) is 19.2 Å². The van der Waals surface area contributed by atoms with Crippen LogP contribution in [-0.2, 0) is 6.18 Å². The Kier molecular flexibility index (Phi) is 6.33. The van der Waals surface area contributed by atoms with Gasteiger partial charge in [-0.1, -0.05) is 19.4 Å². The van der Waals surface area contributed by atoms with Crippen LogP contribution in [0.15, 0.2) is 24.3 Å². The summed E-state index contributed by atoms with van der Waals surface area (Å²) in [6, 6.07) is 5.36. The van der Waals surface area contributed by atoms with Gasteiger partial charge >= 0.3 is 6.18 Å². The number of rotatable bonds is 7. The van der Waals surface area contributed by atoms with Crippen LogP contribution in [0.5, 0.6) is 5.75 Å². The number of hydrogen-bond acceptors (Lipinski definition) is 2. The van der Waals surface area contributed by atoms with E-state index in [1.165, 1.54) is 6.07 Å². The molecule has 0 spiro atoms. The van der Waals surface area contributed by atoms with Gasteiger partial charge in [0.25, 0.3) is 0 Å². The molecule has 0 aromatic heterocycles. The van der Waals surface area contributed by atoms with E-state index in [-0.39, 0.29) is 11.9 Å². The van der Waals surface area contributed by atoms with E-state index in [9.17, 15) is 13.2 Å². The second-order valence-corrected chi connectivity index (χ2v) is 5.05. The maximum Gasteiger partial charge on any atom is 0.416 e. The van der Waals surface area contributed by atoms with Gasteiger partial charge in [-0.3, -0.25) is 0 Å². The quantitative estimate of drug-likeness (QED) is 0.810. The molecule has 1 aromatic rings. The summed E-state index contributed by atoms with van der Waals surface area (Å²) in [5, 5.41) is 3.30. The Bertz CT molecular complexity index is 406. The third-order valence-electron chi connectivity index (χ3n) is 2.97. The van der Waals surface area contributed by atoms with Crippen LogP contribution in [0.4, 0.5) is 13.2 Å². The molecule has 114 valence electrons. The molecule has 0 bridgehead atoms. The molecule has 2 unspecified atom stereocenters. The number of alkyl halides is 3. The highest BCUT2D eigenvalue weighted by Crippen LogP contribution is 2.31. The minimum atomic E-state index is -4.34. The molecule has 0 aliphatic heterocycles. The molecule has 0 radical (unpaired) electrons. The first kappa shape index (κ1) is 16.8. The highest BCUT2D eigenvalue weighted by atomic mass is 19.4. The minimum absolute atomic E-state index is 0.183. The van der Waals surface area contributed by atoms with Crippen molar-refractivity contribution >= 4 is 0 Å². The first-order valence-electron chi connectivity index (χ1n) is 6.90. The molecular formula is C15H22F3NO. The Morgan fingerprint density at radius 1 is 1.25 bits per heavy atom. The van der Waals surface area contributed by atoms with Crippen molar-refractivity contribution in [3.05, 3.63) is 29.8 Å².